The lowest BCUT2D eigenvalue weighted by Gasteiger charge is -2.35. The number of pyridine rings is 1. The summed E-state index contributed by atoms with van der Waals surface area (Å²) in [5.74, 6) is -1.79. The molecule has 0 saturated heterocycles. The van der Waals surface area contributed by atoms with E-state index in [1.54, 1.807) is 36.4 Å². The predicted molar refractivity (Wildman–Crippen MR) is 142 cm³/mol. The van der Waals surface area contributed by atoms with Crippen molar-refractivity contribution in [3.63, 3.8) is 0 Å². The number of halogens is 2. The van der Waals surface area contributed by atoms with E-state index in [-0.39, 0.29) is 41.4 Å². The first-order valence-electron chi connectivity index (χ1n) is 12.8. The number of rotatable bonds is 6. The maximum atomic E-state index is 15.5. The second-order valence-corrected chi connectivity index (χ2v) is 10.5. The molecule has 1 atom stereocenters. The lowest BCUT2D eigenvalue weighted by Crippen LogP contribution is -2.43. The number of aromatic amines is 1. The molecule has 1 amide bonds. The van der Waals surface area contributed by atoms with Crippen molar-refractivity contribution in [3.05, 3.63) is 58.2 Å². The van der Waals surface area contributed by atoms with E-state index in [9.17, 15) is 14.0 Å². The van der Waals surface area contributed by atoms with Crippen LogP contribution in [0, 0.1) is 11.6 Å². The average molecular weight is 557 g/mol. The molecule has 1 N–H and O–H groups in total. The third kappa shape index (κ3) is 5.06. The van der Waals surface area contributed by atoms with E-state index in [0.29, 0.717) is 29.9 Å². The summed E-state index contributed by atoms with van der Waals surface area (Å²) in [7, 11) is 1.48. The summed E-state index contributed by atoms with van der Waals surface area (Å²) in [6, 6.07) is 4.70. The molecule has 1 aliphatic heterocycles. The van der Waals surface area contributed by atoms with Crippen molar-refractivity contribution >= 4 is 17.1 Å². The Hall–Kier alpha value is -4.19. The fourth-order valence-electron chi connectivity index (χ4n) is 4.84. The number of nitrogens with zero attached hydrogens (tertiary/aromatic N) is 3. The van der Waals surface area contributed by atoms with Gasteiger partial charge in [-0.15, -0.1) is 0 Å². The first-order chi connectivity index (χ1) is 19.0. The highest BCUT2D eigenvalue weighted by Gasteiger charge is 2.33. The second kappa shape index (κ2) is 10.4. The number of hydrogen-bond acceptors (Lipinski definition) is 7. The number of hydrogen-bond donors (Lipinski definition) is 1. The number of nitrogens with one attached hydrogen (secondary N) is 1. The first kappa shape index (κ1) is 27.4. The van der Waals surface area contributed by atoms with Gasteiger partial charge in [0.1, 0.15) is 35.3 Å². The molecule has 212 valence electrons. The van der Waals surface area contributed by atoms with Crippen LogP contribution >= 0.6 is 0 Å². The van der Waals surface area contributed by atoms with E-state index in [1.165, 1.54) is 19.4 Å². The number of amides is 1. The Kier molecular flexibility index (Phi) is 7.13. The summed E-state index contributed by atoms with van der Waals surface area (Å²) >= 11 is 0. The molecule has 3 aromatic heterocycles. The van der Waals surface area contributed by atoms with Crippen molar-refractivity contribution in [2.24, 2.45) is 0 Å². The highest BCUT2D eigenvalue weighted by atomic mass is 19.1. The van der Waals surface area contributed by atoms with Crippen LogP contribution in [-0.4, -0.2) is 58.2 Å². The number of fused-ring (bicyclic) bond motifs is 2. The minimum absolute atomic E-state index is 0.0289. The number of benzene rings is 1. The SMILES string of the molecule is COCCOc1cc(F)cc(F)c1-c1c(-c2cc3n(n2)CCN(C(=O)OC(C)(C)C)[C@@H]3C)[nH]c(=O)c2occc12. The van der Waals surface area contributed by atoms with Crippen LogP contribution in [0.4, 0.5) is 13.6 Å². The summed E-state index contributed by atoms with van der Waals surface area (Å²) in [5.41, 5.74) is 0.146. The molecule has 5 rings (SSSR count). The Bertz CT molecular complexity index is 1630. The van der Waals surface area contributed by atoms with Gasteiger partial charge in [0.05, 0.1) is 42.4 Å². The smallest absolute Gasteiger partial charge is 0.410 e. The quantitative estimate of drug-likeness (QED) is 0.322. The first-order valence-corrected chi connectivity index (χ1v) is 12.8. The molecule has 0 radical (unpaired) electrons. The maximum absolute atomic E-state index is 15.5. The van der Waals surface area contributed by atoms with Gasteiger partial charge in [-0.3, -0.25) is 14.4 Å². The number of aromatic nitrogens is 3. The summed E-state index contributed by atoms with van der Waals surface area (Å²) in [5, 5.41) is 4.99. The number of carbonyl (C=O) groups is 1. The largest absolute Gasteiger partial charge is 0.490 e. The van der Waals surface area contributed by atoms with Crippen molar-refractivity contribution in [3.8, 4) is 28.3 Å². The zero-order valence-electron chi connectivity index (χ0n) is 22.8. The summed E-state index contributed by atoms with van der Waals surface area (Å²) < 4.78 is 53.3. The molecule has 10 nitrogen and oxygen atoms in total. The normalized spacial score (nSPS) is 15.4. The molecule has 0 unspecified atom stereocenters. The van der Waals surface area contributed by atoms with Gasteiger partial charge in [0.25, 0.3) is 5.56 Å². The van der Waals surface area contributed by atoms with Crippen molar-refractivity contribution in [2.75, 3.05) is 26.9 Å². The van der Waals surface area contributed by atoms with Gasteiger partial charge < -0.3 is 23.6 Å². The van der Waals surface area contributed by atoms with Crippen LogP contribution in [-0.2, 0) is 16.0 Å². The zero-order chi connectivity index (χ0) is 28.8. The molecule has 4 heterocycles. The van der Waals surface area contributed by atoms with Gasteiger partial charge in [-0.05, 0) is 39.8 Å². The highest BCUT2D eigenvalue weighted by molar-refractivity contribution is 6.01. The van der Waals surface area contributed by atoms with E-state index >= 15 is 4.39 Å². The van der Waals surface area contributed by atoms with Gasteiger partial charge in [0, 0.05) is 36.7 Å². The molecule has 0 fully saturated rings. The number of methoxy groups -OCH3 is 1. The Morgan fingerprint density at radius 3 is 2.67 bits per heavy atom. The van der Waals surface area contributed by atoms with E-state index < -0.39 is 34.9 Å². The molecule has 40 heavy (non-hydrogen) atoms. The molecule has 12 heteroatoms. The van der Waals surface area contributed by atoms with Crippen LogP contribution in [0.2, 0.25) is 0 Å². The standard InChI is InChI=1S/C28H30F2N4O6/c1-15-20-14-19(32-34(20)8-7-33(15)27(36)40-28(2,3)4)24-22(17-6-9-39-25(17)26(35)31-24)23-18(30)12-16(29)13-21(23)38-11-10-37-5/h6,9,12-15H,7-8,10-11H2,1-5H3,(H,31,35)/t15-/m1/s1. The minimum atomic E-state index is -0.892. The summed E-state index contributed by atoms with van der Waals surface area (Å²) in [6.45, 7) is 8.22. The number of furan rings is 1. The maximum Gasteiger partial charge on any atom is 0.410 e. The molecule has 0 saturated carbocycles. The van der Waals surface area contributed by atoms with Crippen molar-refractivity contribution in [1.29, 1.82) is 0 Å². The Balaban J connectivity index is 1.66. The fraction of sp³-hybridized carbons (Fsp3) is 0.393. The molecule has 0 bridgehead atoms. The number of ether oxygens (including phenoxy) is 3. The van der Waals surface area contributed by atoms with Crippen LogP contribution < -0.4 is 10.3 Å². The van der Waals surface area contributed by atoms with Crippen LogP contribution in [0.3, 0.4) is 0 Å². The van der Waals surface area contributed by atoms with Gasteiger partial charge in [-0.1, -0.05) is 0 Å². The monoisotopic (exact) mass is 556 g/mol. The molecule has 1 aromatic carbocycles. The Morgan fingerprint density at radius 2 is 1.95 bits per heavy atom. The van der Waals surface area contributed by atoms with Gasteiger partial charge in [-0.2, -0.15) is 5.10 Å². The molecule has 0 spiro atoms. The molecule has 0 aliphatic carbocycles. The predicted octanol–water partition coefficient (Wildman–Crippen LogP) is 5.27. The average Bonchev–Trinajstić information content (AvgIpc) is 3.52. The third-order valence-electron chi connectivity index (χ3n) is 6.59. The van der Waals surface area contributed by atoms with Crippen LogP contribution in [0.25, 0.3) is 33.5 Å². The van der Waals surface area contributed by atoms with Crippen molar-refractivity contribution in [2.45, 2.75) is 45.9 Å². The highest BCUT2D eigenvalue weighted by Crippen LogP contribution is 2.43. The van der Waals surface area contributed by atoms with Gasteiger partial charge >= 0.3 is 6.09 Å². The van der Waals surface area contributed by atoms with E-state index in [4.69, 9.17) is 23.7 Å². The van der Waals surface area contributed by atoms with Crippen LogP contribution in [0.15, 0.2) is 39.7 Å². The number of H-pyrrole nitrogens is 1. The van der Waals surface area contributed by atoms with Gasteiger partial charge in [0.15, 0.2) is 5.58 Å². The summed E-state index contributed by atoms with van der Waals surface area (Å²) in [4.78, 5) is 30.2. The Labute approximate surface area is 228 Å². The van der Waals surface area contributed by atoms with E-state index in [1.807, 2.05) is 6.92 Å². The van der Waals surface area contributed by atoms with Crippen LogP contribution in [0.5, 0.6) is 5.75 Å². The molecular formula is C28H30F2N4O6. The van der Waals surface area contributed by atoms with Gasteiger partial charge in [-0.25, -0.2) is 13.6 Å². The minimum Gasteiger partial charge on any atom is -0.490 e. The van der Waals surface area contributed by atoms with Gasteiger partial charge in [0.2, 0.25) is 0 Å². The summed E-state index contributed by atoms with van der Waals surface area (Å²) in [6.07, 6.45) is 0.869. The molecule has 4 aromatic rings. The van der Waals surface area contributed by atoms with Crippen molar-refractivity contribution < 1.29 is 32.2 Å². The molecule has 1 aliphatic rings. The van der Waals surface area contributed by atoms with Crippen LogP contribution in [0.1, 0.15) is 39.4 Å². The third-order valence-corrected chi connectivity index (χ3v) is 6.59. The zero-order valence-corrected chi connectivity index (χ0v) is 22.8. The van der Waals surface area contributed by atoms with Crippen molar-refractivity contribution in [1.82, 2.24) is 19.7 Å². The Morgan fingerprint density at radius 1 is 1.18 bits per heavy atom. The fourth-order valence-corrected chi connectivity index (χ4v) is 4.84. The van der Waals surface area contributed by atoms with E-state index in [2.05, 4.69) is 4.98 Å². The topological polar surface area (TPSA) is 112 Å². The van der Waals surface area contributed by atoms with E-state index in [0.717, 1.165) is 12.1 Å². The second-order valence-electron chi connectivity index (χ2n) is 10.5. The lowest BCUT2D eigenvalue weighted by atomic mass is 9.96. The lowest BCUT2D eigenvalue weighted by molar-refractivity contribution is 0.0120. The number of carbonyl (C=O) groups excluding carboxylic acids is 1. The molecular weight excluding hydrogens is 526 g/mol.